The van der Waals surface area contributed by atoms with Gasteiger partial charge in [0, 0.05) is 11.1 Å². The van der Waals surface area contributed by atoms with Crippen LogP contribution in [0.4, 0.5) is 5.69 Å². The maximum atomic E-state index is 12.1. The van der Waals surface area contributed by atoms with Gasteiger partial charge in [0.05, 0.1) is 22.0 Å². The van der Waals surface area contributed by atoms with Crippen LogP contribution in [0.1, 0.15) is 15.2 Å². The van der Waals surface area contributed by atoms with Gasteiger partial charge in [-0.25, -0.2) is 0 Å². The molecule has 1 heterocycles. The molecule has 0 bridgehead atoms. The third-order valence-corrected chi connectivity index (χ3v) is 4.03. The molecule has 4 nitrogen and oxygen atoms in total. The van der Waals surface area contributed by atoms with Crippen molar-refractivity contribution in [2.45, 2.75) is 0 Å². The molecule has 0 saturated carbocycles. The van der Waals surface area contributed by atoms with Crippen LogP contribution in [0.25, 0.3) is 0 Å². The van der Waals surface area contributed by atoms with Crippen LogP contribution < -0.4 is 10.1 Å². The van der Waals surface area contributed by atoms with Gasteiger partial charge in [0.2, 0.25) is 0 Å². The van der Waals surface area contributed by atoms with E-state index in [0.717, 1.165) is 9.35 Å². The Morgan fingerprint density at radius 3 is 2.95 bits per heavy atom. The highest BCUT2D eigenvalue weighted by Gasteiger charge is 2.09. The average Bonchev–Trinajstić information content (AvgIpc) is 2.94. The number of rotatable bonds is 3. The minimum absolute atomic E-state index is 0.195. The first-order chi connectivity index (χ1) is 10.1. The molecule has 0 unspecified atom stereocenters. The smallest absolute Gasteiger partial charge is 0.256 e. The Balaban J connectivity index is 2.10. The Bertz CT molecular complexity index is 715. The molecule has 0 fully saturated rings. The van der Waals surface area contributed by atoms with Gasteiger partial charge in [-0.05, 0) is 40.2 Å². The molecule has 0 atom stereocenters. The van der Waals surface area contributed by atoms with Crippen LogP contribution in [0.15, 0.2) is 34.1 Å². The van der Waals surface area contributed by atoms with Gasteiger partial charge in [-0.1, -0.05) is 11.8 Å². The van der Waals surface area contributed by atoms with E-state index in [-0.39, 0.29) is 12.5 Å². The number of carbonyl (C=O) groups is 1. The lowest BCUT2D eigenvalue weighted by atomic mass is 10.2. The van der Waals surface area contributed by atoms with E-state index in [1.165, 1.54) is 11.3 Å². The van der Waals surface area contributed by atoms with Crippen molar-refractivity contribution < 1.29 is 14.6 Å². The third-order valence-electron chi connectivity index (χ3n) is 2.56. The van der Waals surface area contributed by atoms with Crippen molar-refractivity contribution in [2.24, 2.45) is 0 Å². The van der Waals surface area contributed by atoms with E-state index in [0.29, 0.717) is 17.0 Å². The molecule has 0 aliphatic rings. The predicted molar refractivity (Wildman–Crippen MR) is 86.9 cm³/mol. The summed E-state index contributed by atoms with van der Waals surface area (Å²) in [6.45, 7) is -0.195. The lowest BCUT2D eigenvalue weighted by Crippen LogP contribution is -2.10. The van der Waals surface area contributed by atoms with Gasteiger partial charge in [-0.2, -0.15) is 0 Å². The number of aliphatic hydroxyl groups excluding tert-OH is 1. The fourth-order valence-corrected chi connectivity index (χ4v) is 2.89. The van der Waals surface area contributed by atoms with Gasteiger partial charge < -0.3 is 15.2 Å². The molecule has 108 valence electrons. The zero-order valence-corrected chi connectivity index (χ0v) is 13.5. The number of nitrogens with one attached hydrogen (secondary N) is 1. The van der Waals surface area contributed by atoms with E-state index >= 15 is 0 Å². The van der Waals surface area contributed by atoms with Gasteiger partial charge in [0.15, 0.2) is 0 Å². The summed E-state index contributed by atoms with van der Waals surface area (Å²) in [7, 11) is 1.58. The van der Waals surface area contributed by atoms with Crippen LogP contribution in [0.3, 0.4) is 0 Å². The van der Waals surface area contributed by atoms with Gasteiger partial charge in [-0.3, -0.25) is 4.79 Å². The van der Waals surface area contributed by atoms with E-state index in [2.05, 4.69) is 33.1 Å². The highest BCUT2D eigenvalue weighted by atomic mass is 79.9. The number of halogens is 1. The first-order valence-corrected chi connectivity index (χ1v) is 7.64. The van der Waals surface area contributed by atoms with Gasteiger partial charge >= 0.3 is 0 Å². The molecule has 2 rings (SSSR count). The van der Waals surface area contributed by atoms with E-state index in [4.69, 9.17) is 9.84 Å². The summed E-state index contributed by atoms with van der Waals surface area (Å²) in [6.07, 6.45) is 0. The summed E-state index contributed by atoms with van der Waals surface area (Å²) < 4.78 is 5.90. The van der Waals surface area contributed by atoms with E-state index in [9.17, 15) is 4.79 Å². The minimum atomic E-state index is -0.208. The number of ether oxygens (including phenoxy) is 1. The standard InChI is InChI=1S/C15H12BrNO3S/c1-20-14-5-4-11(8-13(14)16)17-15(19)10-7-12(21-9-10)3-2-6-18/h4-5,7-9,18H,6H2,1H3,(H,17,19). The molecule has 0 radical (unpaired) electrons. The normalized spacial score (nSPS) is 9.67. The summed E-state index contributed by atoms with van der Waals surface area (Å²) in [5.41, 5.74) is 1.20. The SMILES string of the molecule is COc1ccc(NC(=O)c2csc(C#CCO)c2)cc1Br. The summed E-state index contributed by atoms with van der Waals surface area (Å²) in [5, 5.41) is 13.2. The molecular weight excluding hydrogens is 354 g/mol. The number of hydrogen-bond donors (Lipinski definition) is 2. The second-order valence-corrected chi connectivity index (χ2v) is 5.73. The highest BCUT2D eigenvalue weighted by molar-refractivity contribution is 9.10. The van der Waals surface area contributed by atoms with Crippen molar-refractivity contribution in [3.05, 3.63) is 44.6 Å². The van der Waals surface area contributed by atoms with E-state index in [1.54, 1.807) is 36.8 Å². The summed E-state index contributed by atoms with van der Waals surface area (Å²) in [6, 6.07) is 7.00. The average molecular weight is 366 g/mol. The molecule has 2 N–H and O–H groups in total. The summed E-state index contributed by atoms with van der Waals surface area (Å²) in [4.78, 5) is 12.9. The Hall–Kier alpha value is -1.81. The lowest BCUT2D eigenvalue weighted by molar-refractivity contribution is 0.102. The van der Waals surface area contributed by atoms with Gasteiger partial charge in [-0.15, -0.1) is 11.3 Å². The Kier molecular flexibility index (Phi) is 5.39. The number of thiophene rings is 1. The molecule has 0 aliphatic heterocycles. The predicted octanol–water partition coefficient (Wildman–Crippen LogP) is 3.12. The monoisotopic (exact) mass is 365 g/mol. The number of aliphatic hydroxyl groups is 1. The zero-order valence-electron chi connectivity index (χ0n) is 11.1. The maximum Gasteiger partial charge on any atom is 0.256 e. The molecule has 0 aliphatic carbocycles. The third kappa shape index (κ3) is 4.08. The Morgan fingerprint density at radius 2 is 2.29 bits per heavy atom. The van der Waals surface area contributed by atoms with Crippen LogP contribution in [-0.4, -0.2) is 24.7 Å². The molecule has 2 aromatic rings. The van der Waals surface area contributed by atoms with E-state index < -0.39 is 0 Å². The van der Waals surface area contributed by atoms with Crippen molar-refractivity contribution in [1.29, 1.82) is 0 Å². The van der Waals surface area contributed by atoms with E-state index in [1.807, 2.05) is 0 Å². The van der Waals surface area contributed by atoms with Crippen molar-refractivity contribution in [1.82, 2.24) is 0 Å². The quantitative estimate of drug-likeness (QED) is 0.821. The second-order valence-electron chi connectivity index (χ2n) is 3.96. The molecule has 21 heavy (non-hydrogen) atoms. The summed E-state index contributed by atoms with van der Waals surface area (Å²) in [5.74, 6) is 5.81. The molecule has 1 aromatic heterocycles. The van der Waals surface area contributed by atoms with Crippen molar-refractivity contribution in [3.63, 3.8) is 0 Å². The van der Waals surface area contributed by atoms with Crippen LogP contribution in [0.5, 0.6) is 5.75 Å². The van der Waals surface area contributed by atoms with Crippen LogP contribution >= 0.6 is 27.3 Å². The zero-order chi connectivity index (χ0) is 15.2. The largest absolute Gasteiger partial charge is 0.496 e. The first-order valence-electron chi connectivity index (χ1n) is 5.97. The Labute approximate surface area is 134 Å². The fraction of sp³-hybridized carbons (Fsp3) is 0.133. The first kappa shape index (κ1) is 15.6. The fourth-order valence-electron chi connectivity index (χ4n) is 1.59. The number of carbonyl (C=O) groups excluding carboxylic acids is 1. The van der Waals surface area contributed by atoms with Gasteiger partial charge in [0.1, 0.15) is 12.4 Å². The minimum Gasteiger partial charge on any atom is -0.496 e. The number of benzene rings is 1. The Morgan fingerprint density at radius 1 is 1.48 bits per heavy atom. The van der Waals surface area contributed by atoms with Gasteiger partial charge in [0.25, 0.3) is 5.91 Å². The second kappa shape index (κ2) is 7.27. The number of hydrogen-bond acceptors (Lipinski definition) is 4. The maximum absolute atomic E-state index is 12.1. The molecule has 0 saturated heterocycles. The highest BCUT2D eigenvalue weighted by Crippen LogP contribution is 2.28. The molecule has 1 amide bonds. The van der Waals surface area contributed by atoms with Crippen molar-refractivity contribution in [2.75, 3.05) is 19.0 Å². The summed E-state index contributed by atoms with van der Waals surface area (Å²) >= 11 is 4.73. The topological polar surface area (TPSA) is 58.6 Å². The number of amides is 1. The molecule has 6 heteroatoms. The molecule has 0 spiro atoms. The van der Waals surface area contributed by atoms with Crippen molar-refractivity contribution >= 4 is 38.9 Å². The number of methoxy groups -OCH3 is 1. The van der Waals surface area contributed by atoms with Crippen molar-refractivity contribution in [3.8, 4) is 17.6 Å². The van der Waals surface area contributed by atoms with Crippen LogP contribution in [0.2, 0.25) is 0 Å². The molecular formula is C15H12BrNO3S. The van der Waals surface area contributed by atoms with Crippen LogP contribution in [0, 0.1) is 11.8 Å². The van der Waals surface area contributed by atoms with Crippen LogP contribution in [-0.2, 0) is 0 Å². The molecule has 1 aromatic carbocycles. The lowest BCUT2D eigenvalue weighted by Gasteiger charge is -2.07. The number of anilines is 1.